The summed E-state index contributed by atoms with van der Waals surface area (Å²) in [5.74, 6) is 0.484. The van der Waals surface area contributed by atoms with Crippen molar-refractivity contribution in [3.05, 3.63) is 22.3 Å². The standard InChI is InChI=1S/C18H25ClO5Si/c1-10-12-9-23-17(21)14(12)16(24-25(6,7)18(2,3)4)11(8-13(19)20)15(10)22-5/h8-9H2,1-7H3. The van der Waals surface area contributed by atoms with Crippen LogP contribution in [-0.2, 0) is 22.6 Å². The van der Waals surface area contributed by atoms with Crippen molar-refractivity contribution in [2.75, 3.05) is 7.11 Å². The second kappa shape index (κ2) is 6.65. The molecule has 0 saturated heterocycles. The molecule has 0 radical (unpaired) electrons. The molecule has 5 nitrogen and oxygen atoms in total. The van der Waals surface area contributed by atoms with E-state index < -0.39 is 19.5 Å². The normalized spacial score (nSPS) is 14.2. The van der Waals surface area contributed by atoms with Crippen molar-refractivity contribution in [3.8, 4) is 11.5 Å². The Morgan fingerprint density at radius 1 is 1.28 bits per heavy atom. The number of carbonyl (C=O) groups excluding carboxylic acids is 2. The number of cyclic esters (lactones) is 1. The molecule has 1 heterocycles. The van der Waals surface area contributed by atoms with E-state index in [0.717, 1.165) is 11.1 Å². The molecule has 25 heavy (non-hydrogen) atoms. The molecule has 0 atom stereocenters. The Labute approximate surface area is 154 Å². The number of rotatable bonds is 5. The molecule has 1 aliphatic rings. The molecule has 1 aliphatic heterocycles. The summed E-state index contributed by atoms with van der Waals surface area (Å²) in [6.07, 6.45) is -0.0733. The average Bonchev–Trinajstić information content (AvgIpc) is 2.84. The zero-order chi connectivity index (χ0) is 19.2. The molecule has 0 aromatic heterocycles. The van der Waals surface area contributed by atoms with E-state index in [2.05, 4.69) is 33.9 Å². The highest BCUT2D eigenvalue weighted by Crippen LogP contribution is 2.46. The van der Waals surface area contributed by atoms with Crippen LogP contribution in [-0.4, -0.2) is 26.6 Å². The maximum atomic E-state index is 12.4. The van der Waals surface area contributed by atoms with Crippen LogP contribution in [0.1, 0.15) is 47.8 Å². The summed E-state index contributed by atoms with van der Waals surface area (Å²) in [6, 6.07) is 0. The molecule has 1 aromatic rings. The van der Waals surface area contributed by atoms with E-state index in [1.165, 1.54) is 7.11 Å². The highest BCUT2D eigenvalue weighted by molar-refractivity contribution is 6.74. The largest absolute Gasteiger partial charge is 0.543 e. The van der Waals surface area contributed by atoms with E-state index in [4.69, 9.17) is 25.5 Å². The summed E-state index contributed by atoms with van der Waals surface area (Å²) in [5.41, 5.74) is 2.44. The average molecular weight is 385 g/mol. The van der Waals surface area contributed by atoms with Gasteiger partial charge in [0.15, 0.2) is 0 Å². The first kappa shape index (κ1) is 19.8. The molecule has 7 heteroatoms. The van der Waals surface area contributed by atoms with Gasteiger partial charge in [0.1, 0.15) is 23.7 Å². The molecular formula is C18H25ClO5Si. The third-order valence-electron chi connectivity index (χ3n) is 5.11. The van der Waals surface area contributed by atoms with Gasteiger partial charge >= 0.3 is 5.97 Å². The van der Waals surface area contributed by atoms with Crippen molar-refractivity contribution in [1.82, 2.24) is 0 Å². The first-order valence-electron chi connectivity index (χ1n) is 8.17. The molecular weight excluding hydrogens is 360 g/mol. The number of esters is 1. The van der Waals surface area contributed by atoms with Gasteiger partial charge in [-0.3, -0.25) is 4.79 Å². The number of fused-ring (bicyclic) bond motifs is 1. The van der Waals surface area contributed by atoms with Crippen molar-refractivity contribution >= 4 is 31.1 Å². The Bertz CT molecular complexity index is 734. The van der Waals surface area contributed by atoms with Gasteiger partial charge in [0.25, 0.3) is 8.32 Å². The number of hydrogen-bond acceptors (Lipinski definition) is 5. The van der Waals surface area contributed by atoms with E-state index in [0.29, 0.717) is 22.6 Å². The Morgan fingerprint density at radius 3 is 2.36 bits per heavy atom. The molecule has 0 fully saturated rings. The SMILES string of the molecule is COc1c(C)c2c(c(O[Si](C)(C)C(C)(C)C)c1CC(=O)Cl)C(=O)OC2. The van der Waals surface area contributed by atoms with Gasteiger partial charge in [0, 0.05) is 11.1 Å². The monoisotopic (exact) mass is 384 g/mol. The predicted octanol–water partition coefficient (Wildman–Crippen LogP) is 4.37. The lowest BCUT2D eigenvalue weighted by Crippen LogP contribution is -2.44. The lowest BCUT2D eigenvalue weighted by Gasteiger charge is -2.37. The highest BCUT2D eigenvalue weighted by atomic mass is 35.5. The van der Waals surface area contributed by atoms with Gasteiger partial charge in [0.2, 0.25) is 5.24 Å². The Hall–Kier alpha value is -1.53. The lowest BCUT2D eigenvalue weighted by molar-refractivity contribution is -0.111. The fourth-order valence-electron chi connectivity index (χ4n) is 2.64. The first-order valence-corrected chi connectivity index (χ1v) is 11.5. The summed E-state index contributed by atoms with van der Waals surface area (Å²) >= 11 is 5.66. The van der Waals surface area contributed by atoms with Gasteiger partial charge in [-0.25, -0.2) is 4.79 Å². The van der Waals surface area contributed by atoms with Crippen LogP contribution in [0.4, 0.5) is 0 Å². The van der Waals surface area contributed by atoms with Crippen LogP contribution in [0.2, 0.25) is 18.1 Å². The van der Waals surface area contributed by atoms with Crippen LogP contribution < -0.4 is 9.16 Å². The second-order valence-electron chi connectivity index (χ2n) is 7.79. The lowest BCUT2D eigenvalue weighted by atomic mass is 9.96. The van der Waals surface area contributed by atoms with Crippen molar-refractivity contribution in [2.24, 2.45) is 0 Å². The number of benzene rings is 1. The van der Waals surface area contributed by atoms with Gasteiger partial charge in [0.05, 0.1) is 13.5 Å². The third-order valence-corrected chi connectivity index (χ3v) is 9.57. The van der Waals surface area contributed by atoms with E-state index in [1.807, 2.05) is 6.92 Å². The van der Waals surface area contributed by atoms with Gasteiger partial charge < -0.3 is 13.9 Å². The number of methoxy groups -OCH3 is 1. The van der Waals surface area contributed by atoms with Gasteiger partial charge in [-0.15, -0.1) is 0 Å². The zero-order valence-corrected chi connectivity index (χ0v) is 17.6. The van der Waals surface area contributed by atoms with E-state index in [1.54, 1.807) is 0 Å². The summed E-state index contributed by atoms with van der Waals surface area (Å²) < 4.78 is 17.2. The number of hydrogen-bond donors (Lipinski definition) is 0. The fourth-order valence-corrected chi connectivity index (χ4v) is 3.82. The summed E-state index contributed by atoms with van der Waals surface area (Å²) in [7, 11) is -0.739. The summed E-state index contributed by atoms with van der Waals surface area (Å²) in [4.78, 5) is 24.0. The molecule has 0 N–H and O–H groups in total. The number of halogens is 1. The highest BCUT2D eigenvalue weighted by Gasteiger charge is 2.42. The Morgan fingerprint density at radius 2 is 1.88 bits per heavy atom. The summed E-state index contributed by atoms with van der Waals surface area (Å²) in [6.45, 7) is 12.5. The van der Waals surface area contributed by atoms with Crippen LogP contribution >= 0.6 is 11.6 Å². The minimum Gasteiger partial charge on any atom is -0.543 e. The molecule has 138 valence electrons. The summed E-state index contributed by atoms with van der Waals surface area (Å²) in [5, 5.41) is -0.618. The van der Waals surface area contributed by atoms with Gasteiger partial charge in [-0.05, 0) is 42.2 Å². The zero-order valence-electron chi connectivity index (χ0n) is 15.8. The quantitative estimate of drug-likeness (QED) is 0.428. The van der Waals surface area contributed by atoms with Gasteiger partial charge in [-0.1, -0.05) is 20.8 Å². The molecule has 0 amide bonds. The molecule has 0 bridgehead atoms. The maximum absolute atomic E-state index is 12.4. The number of carbonyl (C=O) groups is 2. The number of ether oxygens (including phenoxy) is 2. The molecule has 0 aliphatic carbocycles. The van der Waals surface area contributed by atoms with Crippen LogP contribution in [0.25, 0.3) is 0 Å². The van der Waals surface area contributed by atoms with Gasteiger partial charge in [-0.2, -0.15) is 0 Å². The molecule has 0 saturated carbocycles. The molecule has 0 spiro atoms. The van der Waals surface area contributed by atoms with Crippen LogP contribution in [0.15, 0.2) is 0 Å². The van der Waals surface area contributed by atoms with E-state index in [-0.39, 0.29) is 18.1 Å². The van der Waals surface area contributed by atoms with Crippen molar-refractivity contribution in [2.45, 2.75) is 58.9 Å². The smallest absolute Gasteiger partial charge is 0.342 e. The molecule has 0 unspecified atom stereocenters. The van der Waals surface area contributed by atoms with Crippen LogP contribution in [0, 0.1) is 6.92 Å². The third kappa shape index (κ3) is 3.55. The minimum absolute atomic E-state index is 0.0733. The minimum atomic E-state index is -2.27. The fraction of sp³-hybridized carbons (Fsp3) is 0.556. The van der Waals surface area contributed by atoms with Crippen molar-refractivity contribution in [3.63, 3.8) is 0 Å². The molecule has 1 aromatic carbocycles. The van der Waals surface area contributed by atoms with Crippen molar-refractivity contribution in [1.29, 1.82) is 0 Å². The Balaban J connectivity index is 2.77. The Kier molecular flexibility index (Phi) is 5.26. The second-order valence-corrected chi connectivity index (χ2v) is 12.9. The predicted molar refractivity (Wildman–Crippen MR) is 99.2 cm³/mol. The first-order chi connectivity index (χ1) is 11.4. The van der Waals surface area contributed by atoms with E-state index in [9.17, 15) is 9.59 Å². The van der Waals surface area contributed by atoms with E-state index >= 15 is 0 Å². The maximum Gasteiger partial charge on any atom is 0.342 e. The topological polar surface area (TPSA) is 61.8 Å². The van der Waals surface area contributed by atoms with Crippen LogP contribution in [0.3, 0.4) is 0 Å². The van der Waals surface area contributed by atoms with Crippen molar-refractivity contribution < 1.29 is 23.5 Å². The van der Waals surface area contributed by atoms with Crippen LogP contribution in [0.5, 0.6) is 11.5 Å². The molecule has 2 rings (SSSR count).